The van der Waals surface area contributed by atoms with Crippen LogP contribution in [-0.2, 0) is 11.2 Å². The van der Waals surface area contributed by atoms with Crippen LogP contribution >= 0.6 is 0 Å². The van der Waals surface area contributed by atoms with Crippen LogP contribution in [-0.4, -0.2) is 49.2 Å². The Bertz CT molecular complexity index is 760. The first kappa shape index (κ1) is 20.9. The van der Waals surface area contributed by atoms with E-state index < -0.39 is 0 Å². The van der Waals surface area contributed by atoms with E-state index in [1.807, 2.05) is 24.3 Å². The van der Waals surface area contributed by atoms with E-state index in [2.05, 4.69) is 31.0 Å². The zero-order valence-electron chi connectivity index (χ0n) is 17.5. The summed E-state index contributed by atoms with van der Waals surface area (Å²) in [5.41, 5.74) is 1.52. The van der Waals surface area contributed by atoms with Crippen molar-refractivity contribution < 1.29 is 13.9 Å². The molecular formula is C23H34N2O3. The summed E-state index contributed by atoms with van der Waals surface area (Å²) in [5.74, 6) is 0.807. The van der Waals surface area contributed by atoms with Gasteiger partial charge in [-0.15, -0.1) is 0 Å². The number of morpholine rings is 1. The van der Waals surface area contributed by atoms with E-state index in [-0.39, 0.29) is 5.91 Å². The van der Waals surface area contributed by atoms with Crippen molar-refractivity contribution in [3.63, 3.8) is 0 Å². The van der Waals surface area contributed by atoms with Crippen LogP contribution in [0.2, 0.25) is 0 Å². The molecule has 2 heterocycles. The molecule has 5 heteroatoms. The van der Waals surface area contributed by atoms with Gasteiger partial charge in [-0.1, -0.05) is 31.5 Å². The fraction of sp³-hybridized carbons (Fsp3) is 0.609. The van der Waals surface area contributed by atoms with Gasteiger partial charge in [-0.25, -0.2) is 0 Å². The monoisotopic (exact) mass is 386 g/mol. The molecule has 0 saturated carbocycles. The Morgan fingerprint density at radius 3 is 2.64 bits per heavy atom. The third-order valence-corrected chi connectivity index (χ3v) is 5.33. The molecule has 0 spiro atoms. The number of para-hydroxylation sites is 1. The van der Waals surface area contributed by atoms with Gasteiger partial charge in [0.05, 0.1) is 17.8 Å². The van der Waals surface area contributed by atoms with Gasteiger partial charge in [0, 0.05) is 31.4 Å². The fourth-order valence-electron chi connectivity index (χ4n) is 4.08. The third kappa shape index (κ3) is 5.36. The maximum absolute atomic E-state index is 12.9. The van der Waals surface area contributed by atoms with Gasteiger partial charge in [0.25, 0.3) is 5.91 Å². The lowest BCUT2D eigenvalue weighted by Crippen LogP contribution is -2.45. The van der Waals surface area contributed by atoms with Gasteiger partial charge in [-0.05, 0) is 45.7 Å². The molecule has 2 aromatic rings. The molecule has 1 aromatic carbocycles. The van der Waals surface area contributed by atoms with Gasteiger partial charge in [0.1, 0.15) is 11.3 Å². The van der Waals surface area contributed by atoms with E-state index in [9.17, 15) is 4.79 Å². The van der Waals surface area contributed by atoms with Crippen molar-refractivity contribution in [2.75, 3.05) is 26.2 Å². The highest BCUT2D eigenvalue weighted by atomic mass is 16.5. The number of benzene rings is 1. The van der Waals surface area contributed by atoms with E-state index in [1.54, 1.807) is 0 Å². The number of amides is 1. The molecule has 2 unspecified atom stereocenters. The van der Waals surface area contributed by atoms with Crippen LogP contribution in [0.4, 0.5) is 0 Å². The molecule has 0 bridgehead atoms. The van der Waals surface area contributed by atoms with Crippen LogP contribution in [0.25, 0.3) is 11.0 Å². The number of ether oxygens (including phenoxy) is 1. The average molecular weight is 387 g/mol. The lowest BCUT2D eigenvalue weighted by Gasteiger charge is -2.35. The maximum atomic E-state index is 12.9. The number of nitrogens with zero attached hydrogens (tertiary/aromatic N) is 1. The van der Waals surface area contributed by atoms with Gasteiger partial charge in [-0.3, -0.25) is 9.69 Å². The van der Waals surface area contributed by atoms with Crippen molar-refractivity contribution in [1.29, 1.82) is 0 Å². The second kappa shape index (κ2) is 10.1. The topological polar surface area (TPSA) is 54.7 Å². The van der Waals surface area contributed by atoms with E-state index in [4.69, 9.17) is 9.15 Å². The third-order valence-electron chi connectivity index (χ3n) is 5.33. The highest BCUT2D eigenvalue weighted by molar-refractivity contribution is 6.07. The Morgan fingerprint density at radius 1 is 1.14 bits per heavy atom. The van der Waals surface area contributed by atoms with Crippen LogP contribution in [0.5, 0.6) is 0 Å². The molecule has 1 amide bonds. The van der Waals surface area contributed by atoms with E-state index in [0.717, 1.165) is 74.0 Å². The van der Waals surface area contributed by atoms with Crippen molar-refractivity contribution in [1.82, 2.24) is 10.2 Å². The predicted octanol–water partition coefficient (Wildman–Crippen LogP) is 4.39. The molecule has 1 aromatic heterocycles. The summed E-state index contributed by atoms with van der Waals surface area (Å²) in [7, 11) is 0. The zero-order valence-corrected chi connectivity index (χ0v) is 17.5. The van der Waals surface area contributed by atoms with Crippen LogP contribution < -0.4 is 5.32 Å². The molecule has 1 N–H and O–H groups in total. The first-order valence-electron chi connectivity index (χ1n) is 10.7. The lowest BCUT2D eigenvalue weighted by molar-refractivity contribution is -0.0681. The Kier molecular flexibility index (Phi) is 7.51. The molecule has 1 fully saturated rings. The summed E-state index contributed by atoms with van der Waals surface area (Å²) in [6, 6.07) is 7.82. The molecule has 0 radical (unpaired) electrons. The van der Waals surface area contributed by atoms with E-state index in [1.165, 1.54) is 0 Å². The highest BCUT2D eigenvalue weighted by Crippen LogP contribution is 2.27. The summed E-state index contributed by atoms with van der Waals surface area (Å²) in [6.45, 7) is 10.2. The fourth-order valence-corrected chi connectivity index (χ4v) is 4.08. The summed E-state index contributed by atoms with van der Waals surface area (Å²) in [5, 5.41) is 4.03. The van der Waals surface area contributed by atoms with Gasteiger partial charge < -0.3 is 14.5 Å². The number of rotatable bonds is 9. The number of carbonyl (C=O) groups is 1. The van der Waals surface area contributed by atoms with E-state index in [0.29, 0.717) is 18.8 Å². The molecule has 5 nitrogen and oxygen atoms in total. The highest BCUT2D eigenvalue weighted by Gasteiger charge is 2.22. The second-order valence-electron chi connectivity index (χ2n) is 7.98. The molecule has 1 aliphatic heterocycles. The van der Waals surface area contributed by atoms with Gasteiger partial charge in [-0.2, -0.15) is 0 Å². The van der Waals surface area contributed by atoms with E-state index >= 15 is 0 Å². The molecule has 28 heavy (non-hydrogen) atoms. The van der Waals surface area contributed by atoms with Crippen LogP contribution in [0.3, 0.4) is 0 Å². The number of aryl methyl sites for hydroxylation is 1. The molecule has 2 atom stereocenters. The number of unbranched alkanes of at least 4 members (excludes halogenated alkanes) is 2. The first-order valence-corrected chi connectivity index (χ1v) is 10.7. The standard InChI is InChI=1S/C23H34N2O3/c1-4-5-11-21-22(19-10-6-7-12-20(19)28-21)23(26)24-13-8-9-14-25-15-17(2)27-18(3)16-25/h6-7,10,12,17-18H,4-5,8-9,11,13-16H2,1-3H3,(H,24,26). The Balaban J connectivity index is 1.51. The van der Waals surface area contributed by atoms with Crippen molar-refractivity contribution in [2.45, 2.75) is 65.1 Å². The predicted molar refractivity (Wildman–Crippen MR) is 113 cm³/mol. The van der Waals surface area contributed by atoms with Crippen molar-refractivity contribution in [2.24, 2.45) is 0 Å². The number of nitrogens with one attached hydrogen (secondary N) is 1. The van der Waals surface area contributed by atoms with Crippen molar-refractivity contribution in [3.8, 4) is 0 Å². The Labute approximate surface area is 168 Å². The Hall–Kier alpha value is -1.85. The smallest absolute Gasteiger partial charge is 0.255 e. The van der Waals surface area contributed by atoms with Crippen LogP contribution in [0, 0.1) is 0 Å². The van der Waals surface area contributed by atoms with Gasteiger partial charge in [0.2, 0.25) is 0 Å². The number of hydrogen-bond donors (Lipinski definition) is 1. The quantitative estimate of drug-likeness (QED) is 0.649. The summed E-state index contributed by atoms with van der Waals surface area (Å²) in [4.78, 5) is 15.3. The Morgan fingerprint density at radius 2 is 1.89 bits per heavy atom. The minimum Gasteiger partial charge on any atom is -0.460 e. The number of furan rings is 1. The first-order chi connectivity index (χ1) is 13.6. The minimum absolute atomic E-state index is 0.00956. The van der Waals surface area contributed by atoms with Crippen molar-refractivity contribution in [3.05, 3.63) is 35.6 Å². The molecule has 1 aliphatic rings. The molecular weight excluding hydrogens is 352 g/mol. The van der Waals surface area contributed by atoms with Crippen molar-refractivity contribution >= 4 is 16.9 Å². The largest absolute Gasteiger partial charge is 0.460 e. The van der Waals surface area contributed by atoms with Gasteiger partial charge >= 0.3 is 0 Å². The second-order valence-corrected chi connectivity index (χ2v) is 7.98. The number of carbonyl (C=O) groups excluding carboxylic acids is 1. The molecule has 1 saturated heterocycles. The lowest BCUT2D eigenvalue weighted by atomic mass is 10.1. The maximum Gasteiger partial charge on any atom is 0.255 e. The summed E-state index contributed by atoms with van der Waals surface area (Å²) >= 11 is 0. The molecule has 3 rings (SSSR count). The minimum atomic E-state index is -0.00956. The normalized spacial score (nSPS) is 20.5. The molecule has 154 valence electrons. The summed E-state index contributed by atoms with van der Waals surface area (Å²) in [6.07, 6.45) is 5.58. The summed E-state index contributed by atoms with van der Waals surface area (Å²) < 4.78 is 11.8. The van der Waals surface area contributed by atoms with Crippen LogP contribution in [0.1, 0.15) is 62.6 Å². The average Bonchev–Trinajstić information content (AvgIpc) is 3.03. The van der Waals surface area contributed by atoms with Gasteiger partial charge in [0.15, 0.2) is 0 Å². The number of fused-ring (bicyclic) bond motifs is 1. The zero-order chi connectivity index (χ0) is 19.9. The van der Waals surface area contributed by atoms with Crippen LogP contribution in [0.15, 0.2) is 28.7 Å². The molecule has 0 aliphatic carbocycles. The SMILES string of the molecule is CCCCc1oc2ccccc2c1C(=O)NCCCCN1CC(C)OC(C)C1. The number of hydrogen-bond acceptors (Lipinski definition) is 4.